The SMILES string of the molecule is COC1CCCN(c2nc(C(F)(F)F)ccc2C(N)=S)C1. The van der Waals surface area contributed by atoms with E-state index in [1.165, 1.54) is 6.07 Å². The Balaban J connectivity index is 2.41. The number of hydrogen-bond donors (Lipinski definition) is 1. The van der Waals surface area contributed by atoms with Crippen molar-refractivity contribution in [3.63, 3.8) is 0 Å². The summed E-state index contributed by atoms with van der Waals surface area (Å²) in [5, 5.41) is 0. The molecule has 2 heterocycles. The third-order valence-electron chi connectivity index (χ3n) is 3.44. The Labute approximate surface area is 126 Å². The Bertz CT molecular complexity index is 536. The lowest BCUT2D eigenvalue weighted by molar-refractivity contribution is -0.141. The Morgan fingerprint density at radius 1 is 1.48 bits per heavy atom. The molecule has 0 spiro atoms. The van der Waals surface area contributed by atoms with Gasteiger partial charge in [-0.3, -0.25) is 0 Å². The number of ether oxygens (including phenoxy) is 1. The average Bonchev–Trinajstić information content (AvgIpc) is 2.45. The first-order valence-electron chi connectivity index (χ1n) is 6.48. The molecule has 1 aromatic rings. The Hall–Kier alpha value is -1.41. The number of thiocarbonyl (C=S) groups is 1. The van der Waals surface area contributed by atoms with Crippen LogP contribution in [0.5, 0.6) is 0 Å². The second-order valence-electron chi connectivity index (χ2n) is 4.88. The first-order chi connectivity index (χ1) is 9.82. The molecule has 0 bridgehead atoms. The normalized spacial score (nSPS) is 19.6. The van der Waals surface area contributed by atoms with E-state index >= 15 is 0 Å². The second kappa shape index (κ2) is 6.15. The zero-order valence-electron chi connectivity index (χ0n) is 11.5. The number of methoxy groups -OCH3 is 1. The van der Waals surface area contributed by atoms with Crippen LogP contribution in [0, 0.1) is 0 Å². The number of nitrogens with zero attached hydrogens (tertiary/aromatic N) is 2. The van der Waals surface area contributed by atoms with Crippen LogP contribution in [0.25, 0.3) is 0 Å². The van der Waals surface area contributed by atoms with Gasteiger partial charge in [-0.2, -0.15) is 13.2 Å². The summed E-state index contributed by atoms with van der Waals surface area (Å²) >= 11 is 4.91. The van der Waals surface area contributed by atoms with Gasteiger partial charge in [0.2, 0.25) is 0 Å². The van der Waals surface area contributed by atoms with E-state index in [4.69, 9.17) is 22.7 Å². The number of halogens is 3. The molecule has 8 heteroatoms. The van der Waals surface area contributed by atoms with Crippen LogP contribution in [0.15, 0.2) is 12.1 Å². The van der Waals surface area contributed by atoms with Gasteiger partial charge in [0.25, 0.3) is 0 Å². The fraction of sp³-hybridized carbons (Fsp3) is 0.538. The molecule has 2 rings (SSSR count). The van der Waals surface area contributed by atoms with E-state index in [1.54, 1.807) is 12.0 Å². The maximum Gasteiger partial charge on any atom is 0.433 e. The van der Waals surface area contributed by atoms with Crippen molar-refractivity contribution >= 4 is 23.0 Å². The van der Waals surface area contributed by atoms with Crippen LogP contribution >= 0.6 is 12.2 Å². The van der Waals surface area contributed by atoms with Crippen molar-refractivity contribution in [2.24, 2.45) is 5.73 Å². The average molecular weight is 319 g/mol. The molecule has 21 heavy (non-hydrogen) atoms. The van der Waals surface area contributed by atoms with E-state index in [9.17, 15) is 13.2 Å². The molecule has 1 aliphatic rings. The van der Waals surface area contributed by atoms with Crippen LogP contribution in [-0.4, -0.2) is 36.3 Å². The van der Waals surface area contributed by atoms with Gasteiger partial charge in [0.1, 0.15) is 16.5 Å². The molecule has 0 amide bonds. The first-order valence-corrected chi connectivity index (χ1v) is 6.89. The molecule has 1 aliphatic heterocycles. The van der Waals surface area contributed by atoms with Crippen LogP contribution < -0.4 is 10.6 Å². The number of hydrogen-bond acceptors (Lipinski definition) is 4. The molecule has 1 atom stereocenters. The zero-order valence-corrected chi connectivity index (χ0v) is 12.3. The molecule has 4 nitrogen and oxygen atoms in total. The van der Waals surface area contributed by atoms with Gasteiger partial charge in [-0.15, -0.1) is 0 Å². The Morgan fingerprint density at radius 2 is 2.19 bits per heavy atom. The van der Waals surface area contributed by atoms with Crippen molar-refractivity contribution in [2.75, 3.05) is 25.1 Å². The number of anilines is 1. The van der Waals surface area contributed by atoms with Crippen LogP contribution in [0.4, 0.5) is 19.0 Å². The second-order valence-corrected chi connectivity index (χ2v) is 5.32. The molecule has 0 aliphatic carbocycles. The summed E-state index contributed by atoms with van der Waals surface area (Å²) in [6, 6.07) is 2.18. The molecule has 1 unspecified atom stereocenters. The topological polar surface area (TPSA) is 51.4 Å². The number of piperidine rings is 1. The summed E-state index contributed by atoms with van der Waals surface area (Å²) in [5.74, 6) is 0.180. The molecule has 1 fully saturated rings. The highest BCUT2D eigenvalue weighted by molar-refractivity contribution is 7.80. The van der Waals surface area contributed by atoms with E-state index < -0.39 is 11.9 Å². The Kier molecular flexibility index (Phi) is 4.67. The number of nitrogens with two attached hydrogens (primary N) is 1. The summed E-state index contributed by atoms with van der Waals surface area (Å²) in [6.07, 6.45) is -2.85. The highest BCUT2D eigenvalue weighted by atomic mass is 32.1. The third kappa shape index (κ3) is 3.62. The van der Waals surface area contributed by atoms with E-state index in [1.807, 2.05) is 0 Å². The summed E-state index contributed by atoms with van der Waals surface area (Å²) in [7, 11) is 1.59. The number of aromatic nitrogens is 1. The summed E-state index contributed by atoms with van der Waals surface area (Å²) in [4.78, 5) is 5.52. The van der Waals surface area contributed by atoms with E-state index in [0.29, 0.717) is 18.7 Å². The molecular weight excluding hydrogens is 303 g/mol. The number of alkyl halides is 3. The molecule has 0 saturated carbocycles. The monoisotopic (exact) mass is 319 g/mol. The van der Waals surface area contributed by atoms with Crippen LogP contribution in [0.2, 0.25) is 0 Å². The predicted octanol–water partition coefficient (Wildman–Crippen LogP) is 2.35. The van der Waals surface area contributed by atoms with Gasteiger partial charge in [-0.05, 0) is 25.0 Å². The lowest BCUT2D eigenvalue weighted by Gasteiger charge is -2.34. The fourth-order valence-electron chi connectivity index (χ4n) is 2.36. The van der Waals surface area contributed by atoms with Crippen LogP contribution in [-0.2, 0) is 10.9 Å². The van der Waals surface area contributed by atoms with Crippen molar-refractivity contribution in [2.45, 2.75) is 25.1 Å². The number of pyridine rings is 1. The van der Waals surface area contributed by atoms with E-state index in [-0.39, 0.29) is 16.9 Å². The summed E-state index contributed by atoms with van der Waals surface area (Å²) in [5.41, 5.74) is 5.01. The summed E-state index contributed by atoms with van der Waals surface area (Å²) < 4.78 is 43.8. The van der Waals surface area contributed by atoms with E-state index in [0.717, 1.165) is 18.9 Å². The molecule has 0 aromatic carbocycles. The smallest absolute Gasteiger partial charge is 0.389 e. The molecule has 1 saturated heterocycles. The van der Waals surface area contributed by atoms with Gasteiger partial charge in [0.15, 0.2) is 0 Å². The van der Waals surface area contributed by atoms with E-state index in [2.05, 4.69) is 4.98 Å². The van der Waals surface area contributed by atoms with Crippen molar-refractivity contribution in [1.82, 2.24) is 4.98 Å². The van der Waals surface area contributed by atoms with Gasteiger partial charge in [0, 0.05) is 20.2 Å². The van der Waals surface area contributed by atoms with Gasteiger partial charge >= 0.3 is 6.18 Å². The van der Waals surface area contributed by atoms with Crippen molar-refractivity contribution in [3.8, 4) is 0 Å². The van der Waals surface area contributed by atoms with Crippen molar-refractivity contribution < 1.29 is 17.9 Å². The van der Waals surface area contributed by atoms with Crippen LogP contribution in [0.3, 0.4) is 0 Å². The molecule has 0 radical (unpaired) electrons. The summed E-state index contributed by atoms with van der Waals surface area (Å²) in [6.45, 7) is 1.07. The third-order valence-corrected chi connectivity index (χ3v) is 3.66. The predicted molar refractivity (Wildman–Crippen MR) is 77.4 cm³/mol. The van der Waals surface area contributed by atoms with Crippen molar-refractivity contribution in [3.05, 3.63) is 23.4 Å². The van der Waals surface area contributed by atoms with Gasteiger partial charge in [-0.1, -0.05) is 12.2 Å². The van der Waals surface area contributed by atoms with Gasteiger partial charge < -0.3 is 15.4 Å². The minimum Gasteiger partial charge on any atom is -0.389 e. The molecular formula is C13H16F3N3OS. The lowest BCUT2D eigenvalue weighted by Crippen LogP contribution is -2.41. The highest BCUT2D eigenvalue weighted by Crippen LogP contribution is 2.31. The van der Waals surface area contributed by atoms with Gasteiger partial charge in [0.05, 0.1) is 11.7 Å². The highest BCUT2D eigenvalue weighted by Gasteiger charge is 2.34. The van der Waals surface area contributed by atoms with Crippen molar-refractivity contribution in [1.29, 1.82) is 0 Å². The number of rotatable bonds is 3. The van der Waals surface area contributed by atoms with Gasteiger partial charge in [-0.25, -0.2) is 4.98 Å². The maximum absolute atomic E-state index is 12.8. The molecule has 116 valence electrons. The zero-order chi connectivity index (χ0) is 15.6. The largest absolute Gasteiger partial charge is 0.433 e. The minimum atomic E-state index is -4.50. The fourth-order valence-corrected chi connectivity index (χ4v) is 2.52. The van der Waals surface area contributed by atoms with Crippen LogP contribution in [0.1, 0.15) is 24.1 Å². The minimum absolute atomic E-state index is 0.0331. The Morgan fingerprint density at radius 3 is 2.76 bits per heavy atom. The lowest BCUT2D eigenvalue weighted by atomic mass is 10.1. The quantitative estimate of drug-likeness (QED) is 0.867. The molecule has 1 aromatic heterocycles. The maximum atomic E-state index is 12.8. The molecule has 2 N–H and O–H groups in total. The standard InChI is InChI=1S/C13H16F3N3OS/c1-20-8-3-2-6-19(7-8)12-9(11(17)21)4-5-10(18-12)13(14,15)16/h4-5,8H,2-3,6-7H2,1H3,(H2,17,21). The first kappa shape index (κ1) is 16.0.